The molecule has 0 aliphatic carbocycles. The predicted octanol–water partition coefficient (Wildman–Crippen LogP) is 4.67. The van der Waals surface area contributed by atoms with Gasteiger partial charge in [-0.25, -0.2) is 9.97 Å². The summed E-state index contributed by atoms with van der Waals surface area (Å²) in [7, 11) is 1.93. The zero-order valence-corrected chi connectivity index (χ0v) is 17.8. The lowest BCUT2D eigenvalue weighted by Crippen LogP contribution is -2.12. The van der Waals surface area contributed by atoms with Crippen LogP contribution in [-0.4, -0.2) is 34.3 Å². The fourth-order valence-corrected chi connectivity index (χ4v) is 3.30. The SMILES string of the molecule is CNc1ccccc1[C@H](C)CNc1cc(-c2ccc(C(=O)CCCC#N)nc2)ncn1. The van der Waals surface area contributed by atoms with Gasteiger partial charge in [-0.15, -0.1) is 0 Å². The van der Waals surface area contributed by atoms with E-state index in [0.29, 0.717) is 25.0 Å². The maximum Gasteiger partial charge on any atom is 0.181 e. The number of nitrogens with one attached hydrogen (secondary N) is 2. The second kappa shape index (κ2) is 10.8. The number of aromatic nitrogens is 3. The van der Waals surface area contributed by atoms with E-state index >= 15 is 0 Å². The van der Waals surface area contributed by atoms with Gasteiger partial charge in [-0.3, -0.25) is 9.78 Å². The van der Waals surface area contributed by atoms with Gasteiger partial charge < -0.3 is 10.6 Å². The van der Waals surface area contributed by atoms with Gasteiger partial charge in [0.05, 0.1) is 11.8 Å². The largest absolute Gasteiger partial charge is 0.388 e. The van der Waals surface area contributed by atoms with E-state index in [1.165, 1.54) is 11.9 Å². The number of Topliss-reactive ketones (excluding diaryl/α,β-unsaturated/α-hetero) is 1. The van der Waals surface area contributed by atoms with Crippen molar-refractivity contribution in [3.05, 3.63) is 66.2 Å². The molecule has 0 fully saturated rings. The van der Waals surface area contributed by atoms with Gasteiger partial charge in [0.2, 0.25) is 0 Å². The Morgan fingerprint density at radius 1 is 1.16 bits per heavy atom. The summed E-state index contributed by atoms with van der Waals surface area (Å²) in [6, 6.07) is 15.7. The molecule has 2 aromatic heterocycles. The number of para-hydroxylation sites is 1. The van der Waals surface area contributed by atoms with Crippen molar-refractivity contribution in [2.75, 3.05) is 24.2 Å². The Bertz CT molecular complexity index is 1060. The lowest BCUT2D eigenvalue weighted by molar-refractivity contribution is 0.0976. The van der Waals surface area contributed by atoms with E-state index in [1.807, 2.05) is 37.4 Å². The first kappa shape index (κ1) is 21.9. The number of anilines is 2. The van der Waals surface area contributed by atoms with Crippen LogP contribution < -0.4 is 10.6 Å². The molecular formula is C24H26N6O. The van der Waals surface area contributed by atoms with Crippen molar-refractivity contribution in [3.8, 4) is 17.3 Å². The molecule has 0 radical (unpaired) electrons. The maximum atomic E-state index is 12.1. The number of benzene rings is 1. The molecule has 158 valence electrons. The van der Waals surface area contributed by atoms with Crippen molar-refractivity contribution in [2.45, 2.75) is 32.1 Å². The Morgan fingerprint density at radius 3 is 2.74 bits per heavy atom. The van der Waals surface area contributed by atoms with E-state index < -0.39 is 0 Å². The molecule has 0 unspecified atom stereocenters. The number of ketones is 1. The van der Waals surface area contributed by atoms with E-state index in [4.69, 9.17) is 5.26 Å². The van der Waals surface area contributed by atoms with Crippen LogP contribution >= 0.6 is 0 Å². The third-order valence-corrected chi connectivity index (χ3v) is 5.05. The van der Waals surface area contributed by atoms with Crippen LogP contribution in [-0.2, 0) is 0 Å². The number of nitriles is 1. The third-order valence-electron chi connectivity index (χ3n) is 5.05. The Kier molecular flexibility index (Phi) is 7.66. The van der Waals surface area contributed by atoms with Gasteiger partial charge in [-0.2, -0.15) is 5.26 Å². The van der Waals surface area contributed by atoms with Crippen molar-refractivity contribution < 1.29 is 4.79 Å². The van der Waals surface area contributed by atoms with Crippen molar-refractivity contribution >= 4 is 17.3 Å². The average molecular weight is 415 g/mol. The van der Waals surface area contributed by atoms with Crippen molar-refractivity contribution in [1.29, 1.82) is 5.26 Å². The van der Waals surface area contributed by atoms with Crippen LogP contribution in [0.1, 0.15) is 48.2 Å². The molecule has 7 heteroatoms. The number of rotatable bonds is 10. The maximum absolute atomic E-state index is 12.1. The van der Waals surface area contributed by atoms with Crippen LogP contribution in [0, 0.1) is 11.3 Å². The summed E-state index contributed by atoms with van der Waals surface area (Å²) in [5.74, 6) is 0.966. The monoisotopic (exact) mass is 414 g/mol. The Balaban J connectivity index is 1.65. The van der Waals surface area contributed by atoms with Crippen LogP contribution in [0.15, 0.2) is 55.0 Å². The molecule has 0 aliphatic heterocycles. The molecule has 0 saturated carbocycles. The highest BCUT2D eigenvalue weighted by molar-refractivity contribution is 5.94. The quantitative estimate of drug-likeness (QED) is 0.367. The van der Waals surface area contributed by atoms with Gasteiger partial charge in [0, 0.05) is 55.9 Å². The smallest absolute Gasteiger partial charge is 0.181 e. The van der Waals surface area contributed by atoms with Crippen LogP contribution in [0.5, 0.6) is 0 Å². The molecule has 0 amide bonds. The summed E-state index contributed by atoms with van der Waals surface area (Å²) in [6.07, 6.45) is 4.42. The van der Waals surface area contributed by atoms with E-state index in [0.717, 1.165) is 29.3 Å². The summed E-state index contributed by atoms with van der Waals surface area (Å²) in [4.78, 5) is 25.1. The normalized spacial score (nSPS) is 11.4. The molecule has 0 aliphatic rings. The first-order valence-electron chi connectivity index (χ1n) is 10.3. The molecule has 3 rings (SSSR count). The topological polar surface area (TPSA) is 104 Å². The first-order valence-corrected chi connectivity index (χ1v) is 10.3. The molecule has 1 atom stereocenters. The summed E-state index contributed by atoms with van der Waals surface area (Å²) in [5, 5.41) is 15.2. The zero-order valence-electron chi connectivity index (χ0n) is 17.8. The number of pyridine rings is 1. The van der Waals surface area contributed by atoms with Gasteiger partial charge in [0.25, 0.3) is 0 Å². The summed E-state index contributed by atoms with van der Waals surface area (Å²) in [6.45, 7) is 2.89. The molecule has 2 heterocycles. The standard InChI is InChI=1S/C24H26N6O/c1-17(19-7-3-4-8-20(19)26-2)14-28-24-13-22(29-16-30-24)18-10-11-21(27-15-18)23(31)9-5-6-12-25/h3-4,7-8,10-11,13,15-17,26H,5-6,9,14H2,1-2H3,(H,28,29,30)/t17-/m1/s1. The van der Waals surface area contributed by atoms with Crippen LogP contribution in [0.3, 0.4) is 0 Å². The Labute approximate surface area is 182 Å². The highest BCUT2D eigenvalue weighted by atomic mass is 16.1. The highest BCUT2D eigenvalue weighted by Gasteiger charge is 2.11. The average Bonchev–Trinajstić information content (AvgIpc) is 2.83. The predicted molar refractivity (Wildman–Crippen MR) is 122 cm³/mol. The molecule has 3 aromatic rings. The van der Waals surface area contributed by atoms with E-state index in [1.54, 1.807) is 12.3 Å². The van der Waals surface area contributed by atoms with E-state index in [-0.39, 0.29) is 11.7 Å². The van der Waals surface area contributed by atoms with Gasteiger partial charge in [0.1, 0.15) is 17.8 Å². The lowest BCUT2D eigenvalue weighted by atomic mass is 9.99. The summed E-state index contributed by atoms with van der Waals surface area (Å²) >= 11 is 0. The van der Waals surface area contributed by atoms with Gasteiger partial charge >= 0.3 is 0 Å². The summed E-state index contributed by atoms with van der Waals surface area (Å²) in [5.41, 5.74) is 4.31. The second-order valence-electron chi connectivity index (χ2n) is 7.27. The Morgan fingerprint density at radius 2 is 2.00 bits per heavy atom. The highest BCUT2D eigenvalue weighted by Crippen LogP contribution is 2.25. The minimum atomic E-state index is -0.0531. The first-order chi connectivity index (χ1) is 15.1. The molecular weight excluding hydrogens is 388 g/mol. The Hall–Kier alpha value is -3.79. The number of hydrogen-bond donors (Lipinski definition) is 2. The van der Waals surface area contributed by atoms with E-state index in [2.05, 4.69) is 44.6 Å². The molecule has 0 spiro atoms. The number of hydrogen-bond acceptors (Lipinski definition) is 7. The van der Waals surface area contributed by atoms with E-state index in [9.17, 15) is 4.79 Å². The molecule has 1 aromatic carbocycles. The van der Waals surface area contributed by atoms with Crippen LogP contribution in [0.25, 0.3) is 11.3 Å². The molecule has 31 heavy (non-hydrogen) atoms. The molecule has 2 N–H and O–H groups in total. The van der Waals surface area contributed by atoms with Crippen LogP contribution in [0.2, 0.25) is 0 Å². The zero-order chi connectivity index (χ0) is 22.1. The fraction of sp³-hybridized carbons (Fsp3) is 0.292. The second-order valence-corrected chi connectivity index (χ2v) is 7.27. The van der Waals surface area contributed by atoms with Crippen LogP contribution in [0.4, 0.5) is 11.5 Å². The minimum absolute atomic E-state index is 0.0531. The number of unbranched alkanes of at least 4 members (excludes halogenated alkanes) is 1. The van der Waals surface area contributed by atoms with Gasteiger partial charge in [-0.05, 0) is 30.2 Å². The van der Waals surface area contributed by atoms with Gasteiger partial charge in [0.15, 0.2) is 5.78 Å². The third kappa shape index (κ3) is 5.86. The molecule has 0 saturated heterocycles. The number of carbonyl (C=O) groups excluding carboxylic acids is 1. The fourth-order valence-electron chi connectivity index (χ4n) is 3.30. The van der Waals surface area contributed by atoms with Crippen molar-refractivity contribution in [2.24, 2.45) is 0 Å². The van der Waals surface area contributed by atoms with Crippen molar-refractivity contribution in [3.63, 3.8) is 0 Å². The van der Waals surface area contributed by atoms with Gasteiger partial charge in [-0.1, -0.05) is 25.1 Å². The summed E-state index contributed by atoms with van der Waals surface area (Å²) < 4.78 is 0. The van der Waals surface area contributed by atoms with Crippen molar-refractivity contribution in [1.82, 2.24) is 15.0 Å². The number of nitrogens with zero attached hydrogens (tertiary/aromatic N) is 4. The minimum Gasteiger partial charge on any atom is -0.388 e. The lowest BCUT2D eigenvalue weighted by Gasteiger charge is -2.17. The molecule has 0 bridgehead atoms. The number of carbonyl (C=O) groups is 1. The molecule has 7 nitrogen and oxygen atoms in total.